The first-order valence-corrected chi connectivity index (χ1v) is 8.14. The van der Waals surface area contributed by atoms with Gasteiger partial charge in [0.2, 0.25) is 0 Å². The van der Waals surface area contributed by atoms with Gasteiger partial charge < -0.3 is 5.32 Å². The molecule has 1 unspecified atom stereocenters. The highest BCUT2D eigenvalue weighted by Gasteiger charge is 2.18. The Bertz CT molecular complexity index is 606. The Kier molecular flexibility index (Phi) is 4.11. The van der Waals surface area contributed by atoms with Crippen molar-refractivity contribution >= 4 is 21.6 Å². The molecule has 2 aromatic rings. The summed E-state index contributed by atoms with van der Waals surface area (Å²) < 4.78 is 1.15. The monoisotopic (exact) mass is 329 g/mol. The number of halogens is 1. The molecule has 0 saturated heterocycles. The maximum Gasteiger partial charge on any atom is 0.0516 e. The van der Waals surface area contributed by atoms with Crippen molar-refractivity contribution in [2.24, 2.45) is 0 Å². The van der Waals surface area contributed by atoms with E-state index in [1.165, 1.54) is 48.1 Å². The molecule has 0 fully saturated rings. The SMILES string of the molecule is Cc1ccc(NC2CCCCc3ccccc32)c(Br)c1. The van der Waals surface area contributed by atoms with Crippen LogP contribution in [0.5, 0.6) is 0 Å². The van der Waals surface area contributed by atoms with Crippen LogP contribution in [0.3, 0.4) is 0 Å². The molecule has 20 heavy (non-hydrogen) atoms. The third-order valence-corrected chi connectivity index (χ3v) is 4.73. The van der Waals surface area contributed by atoms with Crippen LogP contribution in [0.4, 0.5) is 5.69 Å². The zero-order valence-corrected chi connectivity index (χ0v) is 13.4. The van der Waals surface area contributed by atoms with Crippen LogP contribution in [0.1, 0.15) is 42.0 Å². The van der Waals surface area contributed by atoms with E-state index in [1.807, 2.05) is 0 Å². The third-order valence-electron chi connectivity index (χ3n) is 4.07. The minimum atomic E-state index is 0.424. The van der Waals surface area contributed by atoms with Gasteiger partial charge in [0.25, 0.3) is 0 Å². The van der Waals surface area contributed by atoms with Crippen LogP contribution in [0.15, 0.2) is 46.9 Å². The Labute approximate surface area is 129 Å². The predicted molar refractivity (Wildman–Crippen MR) is 89.2 cm³/mol. The predicted octanol–water partition coefficient (Wildman–Crippen LogP) is 5.64. The van der Waals surface area contributed by atoms with Gasteiger partial charge in [-0.1, -0.05) is 36.8 Å². The highest BCUT2D eigenvalue weighted by atomic mass is 79.9. The summed E-state index contributed by atoms with van der Waals surface area (Å²) in [5.74, 6) is 0. The van der Waals surface area contributed by atoms with Gasteiger partial charge in [-0.25, -0.2) is 0 Å². The lowest BCUT2D eigenvalue weighted by molar-refractivity contribution is 0.644. The van der Waals surface area contributed by atoms with Crippen LogP contribution in [-0.2, 0) is 6.42 Å². The van der Waals surface area contributed by atoms with E-state index >= 15 is 0 Å². The van der Waals surface area contributed by atoms with Crippen molar-refractivity contribution in [2.45, 2.75) is 38.6 Å². The third kappa shape index (κ3) is 2.90. The summed E-state index contributed by atoms with van der Waals surface area (Å²) in [5.41, 5.74) is 5.45. The first kappa shape index (κ1) is 13.7. The van der Waals surface area contributed by atoms with E-state index < -0.39 is 0 Å². The molecule has 0 spiro atoms. The van der Waals surface area contributed by atoms with Gasteiger partial charge in [-0.15, -0.1) is 0 Å². The molecule has 2 aromatic carbocycles. The van der Waals surface area contributed by atoms with Crippen molar-refractivity contribution in [1.29, 1.82) is 0 Å². The minimum Gasteiger partial charge on any atom is -0.377 e. The van der Waals surface area contributed by atoms with Gasteiger partial charge in [-0.3, -0.25) is 0 Å². The van der Waals surface area contributed by atoms with Crippen LogP contribution in [0.25, 0.3) is 0 Å². The van der Waals surface area contributed by atoms with Crippen LogP contribution in [0.2, 0.25) is 0 Å². The molecule has 1 N–H and O–H groups in total. The molecule has 0 aliphatic heterocycles. The molecule has 104 valence electrons. The van der Waals surface area contributed by atoms with Gasteiger partial charge in [0.05, 0.1) is 6.04 Å². The van der Waals surface area contributed by atoms with Crippen LogP contribution < -0.4 is 5.32 Å². The van der Waals surface area contributed by atoms with Crippen LogP contribution in [0, 0.1) is 6.92 Å². The Morgan fingerprint density at radius 3 is 2.80 bits per heavy atom. The van der Waals surface area contributed by atoms with Crippen molar-refractivity contribution in [3.63, 3.8) is 0 Å². The summed E-state index contributed by atoms with van der Waals surface area (Å²) >= 11 is 3.67. The fourth-order valence-electron chi connectivity index (χ4n) is 3.00. The molecule has 1 nitrogen and oxygen atoms in total. The van der Waals surface area contributed by atoms with Crippen molar-refractivity contribution in [3.8, 4) is 0 Å². The standard InChI is InChI=1S/C18H20BrN/c1-13-10-11-18(16(19)12-13)20-17-9-5-3-7-14-6-2-4-8-15(14)17/h2,4,6,8,10-12,17,20H,3,5,7,9H2,1H3. The molecule has 0 radical (unpaired) electrons. The van der Waals surface area contributed by atoms with Crippen molar-refractivity contribution in [3.05, 3.63) is 63.6 Å². The maximum absolute atomic E-state index is 3.73. The quantitative estimate of drug-likeness (QED) is 0.703. The van der Waals surface area contributed by atoms with Crippen molar-refractivity contribution < 1.29 is 0 Å². The largest absolute Gasteiger partial charge is 0.377 e. The summed E-state index contributed by atoms with van der Waals surface area (Å²) in [6.07, 6.45) is 5.00. The van der Waals surface area contributed by atoms with E-state index in [9.17, 15) is 0 Å². The normalized spacial score (nSPS) is 18.2. The van der Waals surface area contributed by atoms with Crippen LogP contribution in [-0.4, -0.2) is 0 Å². The van der Waals surface area contributed by atoms with Gasteiger partial charge in [0.15, 0.2) is 0 Å². The first-order chi connectivity index (χ1) is 9.74. The van der Waals surface area contributed by atoms with Crippen molar-refractivity contribution in [1.82, 2.24) is 0 Å². The minimum absolute atomic E-state index is 0.424. The number of hydrogen-bond acceptors (Lipinski definition) is 1. The molecule has 3 rings (SSSR count). The maximum atomic E-state index is 3.73. The van der Waals surface area contributed by atoms with E-state index in [2.05, 4.69) is 70.6 Å². The molecule has 0 bridgehead atoms. The van der Waals surface area contributed by atoms with Crippen LogP contribution >= 0.6 is 15.9 Å². The molecule has 1 aliphatic rings. The van der Waals surface area contributed by atoms with Gasteiger partial charge in [-0.05, 0) is 70.9 Å². The second kappa shape index (κ2) is 6.01. The number of nitrogens with one attached hydrogen (secondary N) is 1. The highest BCUT2D eigenvalue weighted by Crippen LogP contribution is 2.34. The zero-order valence-electron chi connectivity index (χ0n) is 11.8. The number of rotatable bonds is 2. The Morgan fingerprint density at radius 1 is 1.10 bits per heavy atom. The van der Waals surface area contributed by atoms with Gasteiger partial charge >= 0.3 is 0 Å². The Morgan fingerprint density at radius 2 is 1.95 bits per heavy atom. The molecule has 1 aliphatic carbocycles. The average molecular weight is 330 g/mol. The van der Waals surface area contributed by atoms with E-state index in [-0.39, 0.29) is 0 Å². The lowest BCUT2D eigenvalue weighted by Crippen LogP contribution is -2.11. The molecular weight excluding hydrogens is 310 g/mol. The number of aryl methyl sites for hydroxylation is 2. The summed E-state index contributed by atoms with van der Waals surface area (Å²) in [6, 6.07) is 15.8. The van der Waals surface area contributed by atoms with Crippen molar-refractivity contribution in [2.75, 3.05) is 5.32 Å². The smallest absolute Gasteiger partial charge is 0.0516 e. The summed E-state index contributed by atoms with van der Waals surface area (Å²) in [7, 11) is 0. The number of fused-ring (bicyclic) bond motifs is 1. The second-order valence-corrected chi connectivity index (χ2v) is 6.48. The first-order valence-electron chi connectivity index (χ1n) is 7.34. The molecule has 0 amide bonds. The highest BCUT2D eigenvalue weighted by molar-refractivity contribution is 9.10. The molecule has 2 heteroatoms. The molecule has 0 saturated carbocycles. The lowest BCUT2D eigenvalue weighted by atomic mass is 9.99. The van der Waals surface area contributed by atoms with E-state index in [4.69, 9.17) is 0 Å². The molecule has 0 heterocycles. The van der Waals surface area contributed by atoms with E-state index in [1.54, 1.807) is 0 Å². The summed E-state index contributed by atoms with van der Waals surface area (Å²) in [5, 5.41) is 3.73. The fraction of sp³-hybridized carbons (Fsp3) is 0.333. The number of anilines is 1. The fourth-order valence-corrected chi connectivity index (χ4v) is 3.60. The van der Waals surface area contributed by atoms with Gasteiger partial charge in [0.1, 0.15) is 0 Å². The Hall–Kier alpha value is -1.28. The molecule has 0 aromatic heterocycles. The number of benzene rings is 2. The molecular formula is C18H20BrN. The van der Waals surface area contributed by atoms with Gasteiger partial charge in [0, 0.05) is 10.2 Å². The lowest BCUT2D eigenvalue weighted by Gasteiger charge is -2.21. The Balaban J connectivity index is 1.90. The summed E-state index contributed by atoms with van der Waals surface area (Å²) in [6.45, 7) is 2.12. The zero-order chi connectivity index (χ0) is 13.9. The summed E-state index contributed by atoms with van der Waals surface area (Å²) in [4.78, 5) is 0. The molecule has 1 atom stereocenters. The second-order valence-electron chi connectivity index (χ2n) is 5.62. The van der Waals surface area contributed by atoms with Gasteiger partial charge in [-0.2, -0.15) is 0 Å². The topological polar surface area (TPSA) is 12.0 Å². The number of hydrogen-bond donors (Lipinski definition) is 1. The van der Waals surface area contributed by atoms with E-state index in [0.29, 0.717) is 6.04 Å². The van der Waals surface area contributed by atoms with E-state index in [0.717, 1.165) is 4.47 Å². The average Bonchev–Trinajstić information content (AvgIpc) is 2.65.